The topological polar surface area (TPSA) is 92.3 Å². The zero-order valence-corrected chi connectivity index (χ0v) is 13.4. The second kappa shape index (κ2) is 4.69. The molecule has 0 aromatic heterocycles. The van der Waals surface area contributed by atoms with Crippen molar-refractivity contribution in [1.29, 1.82) is 0 Å². The van der Waals surface area contributed by atoms with E-state index < -0.39 is 25.4 Å². The molecule has 1 saturated heterocycles. The van der Waals surface area contributed by atoms with Crippen LogP contribution in [0, 0.1) is 0 Å². The van der Waals surface area contributed by atoms with E-state index in [1.807, 2.05) is 0 Å². The van der Waals surface area contributed by atoms with E-state index in [2.05, 4.69) is 10.0 Å². The summed E-state index contributed by atoms with van der Waals surface area (Å²) in [5.41, 5.74) is 1.01. The Kier molecular flexibility index (Phi) is 3.30. The van der Waals surface area contributed by atoms with Crippen molar-refractivity contribution in [3.8, 4) is 0 Å². The fourth-order valence-corrected chi connectivity index (χ4v) is 6.56. The molecular weight excluding hydrogens is 312 g/mol. The van der Waals surface area contributed by atoms with Gasteiger partial charge in [0.25, 0.3) is 0 Å². The first kappa shape index (κ1) is 14.8. The van der Waals surface area contributed by atoms with Crippen LogP contribution in [0.25, 0.3) is 0 Å². The smallest absolute Gasteiger partial charge is 0.241 e. The van der Waals surface area contributed by atoms with Crippen LogP contribution in [0.4, 0.5) is 5.69 Å². The molecule has 2 N–H and O–H groups in total. The summed E-state index contributed by atoms with van der Waals surface area (Å²) in [6.07, 6.45) is 1.19. The number of hydrogen-bond donors (Lipinski definition) is 2. The molecule has 1 aromatic carbocycles. The minimum absolute atomic E-state index is 0.0256. The van der Waals surface area contributed by atoms with Gasteiger partial charge in [0.05, 0.1) is 16.4 Å². The first-order valence-corrected chi connectivity index (χ1v) is 10.1. The molecule has 1 fully saturated rings. The molecule has 0 saturated carbocycles. The number of benzene rings is 1. The molecule has 0 amide bonds. The Morgan fingerprint density at radius 2 is 2.10 bits per heavy atom. The first-order valence-electron chi connectivity index (χ1n) is 6.80. The molecule has 0 spiro atoms. The molecule has 8 heteroatoms. The van der Waals surface area contributed by atoms with E-state index in [9.17, 15) is 16.8 Å². The summed E-state index contributed by atoms with van der Waals surface area (Å²) >= 11 is 0. The van der Waals surface area contributed by atoms with Crippen molar-refractivity contribution in [3.05, 3.63) is 23.8 Å². The predicted molar refractivity (Wildman–Crippen MR) is 80.6 cm³/mol. The monoisotopic (exact) mass is 330 g/mol. The fourth-order valence-electron chi connectivity index (χ4n) is 2.91. The fraction of sp³-hybridized carbons (Fsp3) is 0.538. The maximum absolute atomic E-state index is 12.5. The Balaban J connectivity index is 1.88. The van der Waals surface area contributed by atoms with Crippen molar-refractivity contribution in [2.24, 2.45) is 0 Å². The third-order valence-corrected chi connectivity index (χ3v) is 7.52. The Morgan fingerprint density at radius 1 is 1.33 bits per heavy atom. The van der Waals surface area contributed by atoms with Gasteiger partial charge in [0.2, 0.25) is 10.0 Å². The minimum Gasteiger partial charge on any atom is -0.384 e. The van der Waals surface area contributed by atoms with Crippen molar-refractivity contribution in [2.45, 2.75) is 30.2 Å². The normalized spacial score (nSPS) is 27.3. The Hall–Kier alpha value is -1.12. The van der Waals surface area contributed by atoms with Gasteiger partial charge in [-0.1, -0.05) is 6.07 Å². The predicted octanol–water partition coefficient (Wildman–Crippen LogP) is 0.510. The first-order chi connectivity index (χ1) is 9.69. The Labute approximate surface area is 124 Å². The van der Waals surface area contributed by atoms with Crippen LogP contribution in [0.3, 0.4) is 0 Å². The maximum atomic E-state index is 12.5. The van der Waals surface area contributed by atoms with E-state index in [1.54, 1.807) is 25.1 Å². The summed E-state index contributed by atoms with van der Waals surface area (Å²) < 4.78 is 50.7. The number of rotatable bonds is 3. The lowest BCUT2D eigenvalue weighted by molar-refractivity contribution is 0.462. The molecule has 0 aliphatic carbocycles. The van der Waals surface area contributed by atoms with Crippen LogP contribution in [0.1, 0.15) is 18.9 Å². The lowest BCUT2D eigenvalue weighted by Gasteiger charge is -2.23. The molecule has 1 aromatic rings. The van der Waals surface area contributed by atoms with Crippen LogP contribution in [-0.4, -0.2) is 40.4 Å². The number of hydrogen-bond acceptors (Lipinski definition) is 5. The van der Waals surface area contributed by atoms with Gasteiger partial charge < -0.3 is 5.32 Å². The van der Waals surface area contributed by atoms with Crippen molar-refractivity contribution in [3.63, 3.8) is 0 Å². The van der Waals surface area contributed by atoms with Gasteiger partial charge in [-0.15, -0.1) is 0 Å². The molecule has 6 nitrogen and oxygen atoms in total. The summed E-state index contributed by atoms with van der Waals surface area (Å²) in [4.78, 5) is 0.168. The van der Waals surface area contributed by atoms with Crippen LogP contribution in [0.2, 0.25) is 0 Å². The zero-order valence-electron chi connectivity index (χ0n) is 11.7. The minimum atomic E-state index is -3.73. The largest absolute Gasteiger partial charge is 0.384 e. The molecule has 21 heavy (non-hydrogen) atoms. The van der Waals surface area contributed by atoms with Crippen LogP contribution in [0.15, 0.2) is 23.1 Å². The van der Waals surface area contributed by atoms with Crippen molar-refractivity contribution in [2.75, 3.05) is 23.4 Å². The van der Waals surface area contributed by atoms with Gasteiger partial charge in [-0.05, 0) is 37.5 Å². The van der Waals surface area contributed by atoms with Crippen LogP contribution in [-0.2, 0) is 26.3 Å². The summed E-state index contributed by atoms with van der Waals surface area (Å²) in [6, 6.07) is 4.98. The van der Waals surface area contributed by atoms with Gasteiger partial charge in [-0.25, -0.2) is 21.6 Å². The Morgan fingerprint density at radius 3 is 2.76 bits per heavy atom. The highest BCUT2D eigenvalue weighted by atomic mass is 32.2. The summed E-state index contributed by atoms with van der Waals surface area (Å²) in [5.74, 6) is -0.125. The summed E-state index contributed by atoms with van der Waals surface area (Å²) in [5, 5.41) is 3.14. The average Bonchev–Trinajstić information content (AvgIpc) is 2.91. The number of sulfone groups is 1. The van der Waals surface area contributed by atoms with Gasteiger partial charge in [0.1, 0.15) is 0 Å². The quantitative estimate of drug-likeness (QED) is 0.842. The number of anilines is 1. The number of nitrogens with one attached hydrogen (secondary N) is 2. The summed E-state index contributed by atoms with van der Waals surface area (Å²) in [6.45, 7) is 2.45. The van der Waals surface area contributed by atoms with Gasteiger partial charge in [0, 0.05) is 17.8 Å². The van der Waals surface area contributed by atoms with Gasteiger partial charge in [0.15, 0.2) is 9.84 Å². The van der Waals surface area contributed by atoms with Crippen LogP contribution >= 0.6 is 0 Å². The van der Waals surface area contributed by atoms with Gasteiger partial charge in [-0.2, -0.15) is 0 Å². The Bertz CT molecular complexity index is 786. The average molecular weight is 330 g/mol. The SMILES string of the molecule is CC1(NS(=O)(=O)c2ccc3c(c2)NCC3)CCS(=O)(=O)C1. The third kappa shape index (κ3) is 2.93. The molecule has 116 valence electrons. The van der Waals surface area contributed by atoms with Gasteiger partial charge >= 0.3 is 0 Å². The lowest BCUT2D eigenvalue weighted by Crippen LogP contribution is -2.46. The van der Waals surface area contributed by atoms with E-state index in [4.69, 9.17) is 0 Å². The van der Waals surface area contributed by atoms with E-state index in [-0.39, 0.29) is 16.4 Å². The standard InChI is InChI=1S/C13H18N2O4S2/c1-13(5-7-20(16,17)9-13)15-21(18,19)11-3-2-10-4-6-14-12(10)8-11/h2-3,8,14-15H,4-7,9H2,1H3. The number of sulfonamides is 1. The van der Waals surface area contributed by atoms with Crippen molar-refractivity contribution < 1.29 is 16.8 Å². The van der Waals surface area contributed by atoms with E-state index in [0.29, 0.717) is 6.42 Å². The highest BCUT2D eigenvalue weighted by Crippen LogP contribution is 2.28. The van der Waals surface area contributed by atoms with Crippen molar-refractivity contribution in [1.82, 2.24) is 4.72 Å². The molecule has 1 atom stereocenters. The number of fused-ring (bicyclic) bond motifs is 1. The zero-order chi connectivity index (χ0) is 15.3. The lowest BCUT2D eigenvalue weighted by atomic mass is 10.0. The van der Waals surface area contributed by atoms with E-state index >= 15 is 0 Å². The molecule has 2 heterocycles. The van der Waals surface area contributed by atoms with Gasteiger partial charge in [-0.3, -0.25) is 0 Å². The molecule has 2 aliphatic rings. The molecule has 1 unspecified atom stereocenters. The summed E-state index contributed by atoms with van der Waals surface area (Å²) in [7, 11) is -6.89. The second-order valence-electron chi connectivity index (χ2n) is 6.00. The van der Waals surface area contributed by atoms with E-state index in [1.165, 1.54) is 0 Å². The molecule has 3 rings (SSSR count). The third-order valence-electron chi connectivity index (χ3n) is 3.99. The highest BCUT2D eigenvalue weighted by molar-refractivity contribution is 7.92. The molecule has 0 radical (unpaired) electrons. The maximum Gasteiger partial charge on any atom is 0.241 e. The van der Waals surface area contributed by atoms with Crippen LogP contribution < -0.4 is 10.0 Å². The van der Waals surface area contributed by atoms with Crippen LogP contribution in [0.5, 0.6) is 0 Å². The van der Waals surface area contributed by atoms with E-state index in [0.717, 1.165) is 24.2 Å². The molecule has 0 bridgehead atoms. The highest BCUT2D eigenvalue weighted by Gasteiger charge is 2.41. The molecular formula is C13H18N2O4S2. The second-order valence-corrected chi connectivity index (χ2v) is 9.87. The van der Waals surface area contributed by atoms with Crippen molar-refractivity contribution >= 4 is 25.5 Å². The molecule has 2 aliphatic heterocycles.